The molecule has 2 N–H and O–H groups in total. The molecule has 4 aliphatic carbocycles. The molecule has 6 heteroatoms. The summed E-state index contributed by atoms with van der Waals surface area (Å²) in [6.07, 6.45) is 6.49. The molecule has 2 fully saturated rings. The fourth-order valence-corrected chi connectivity index (χ4v) is 7.45. The van der Waals surface area contributed by atoms with Crippen LogP contribution in [0.4, 0.5) is 4.39 Å². The Morgan fingerprint density at radius 1 is 1.27 bits per heavy atom. The predicted octanol–water partition coefficient (Wildman–Crippen LogP) is 2.20. The minimum absolute atomic E-state index is 0.131. The van der Waals surface area contributed by atoms with Gasteiger partial charge in [-0.25, -0.2) is 4.39 Å². The summed E-state index contributed by atoms with van der Waals surface area (Å²) in [7, 11) is -1.18. The summed E-state index contributed by atoms with van der Waals surface area (Å²) < 4.78 is 28.9. The van der Waals surface area contributed by atoms with Crippen LogP contribution in [0, 0.1) is 22.7 Å². The van der Waals surface area contributed by atoms with Gasteiger partial charge in [0.05, 0.1) is 12.2 Å². The zero-order valence-electron chi connectivity index (χ0n) is 15.2. The second-order valence-corrected chi connectivity index (χ2v) is 10.0. The number of alkyl halides is 1. The molecule has 0 amide bonds. The van der Waals surface area contributed by atoms with Gasteiger partial charge >= 0.3 is 0 Å². The maximum Gasteiger partial charge on any atom is 0.178 e. The summed E-state index contributed by atoms with van der Waals surface area (Å²) in [5.41, 5.74) is -3.38. The normalized spacial score (nSPS) is 51.1. The number of hydrogen-bond acceptors (Lipinski definition) is 4. The number of hydrogen-bond donors (Lipinski definition) is 2. The molecule has 4 nitrogen and oxygen atoms in total. The lowest BCUT2D eigenvalue weighted by molar-refractivity contribution is -0.195. The number of halogens is 1. The molecule has 142 valence electrons. The highest BCUT2D eigenvalue weighted by atomic mass is 32.2. The molecular weight excluding hydrogens is 355 g/mol. The summed E-state index contributed by atoms with van der Waals surface area (Å²) in [5.74, 6) is -0.975. The Labute approximate surface area is 155 Å². The summed E-state index contributed by atoms with van der Waals surface area (Å²) in [6.45, 7) is 3.63. The topological polar surface area (TPSA) is 74.6 Å². The molecule has 26 heavy (non-hydrogen) atoms. The van der Waals surface area contributed by atoms with Crippen molar-refractivity contribution in [3.8, 4) is 0 Å². The van der Waals surface area contributed by atoms with Crippen LogP contribution in [-0.4, -0.2) is 44.3 Å². The molecule has 0 aliphatic heterocycles. The van der Waals surface area contributed by atoms with Crippen LogP contribution < -0.4 is 0 Å². The van der Waals surface area contributed by atoms with Crippen LogP contribution in [0.1, 0.15) is 33.1 Å². The number of fused-ring (bicyclic) bond motifs is 5. The standard InChI is InChI=1S/C20H25FO4S/c1-18-10-16(24)20(21)13(12(18)4-5-17(18)26(3)25)9-15(23)14-8-11(22)6-7-19(14,20)2/h5-8,12-13,15-16,23-24H,4,9-10H2,1-3H3/t12-,13-,15+,16-,18-,19-,20-,26?/m0/s1. The molecule has 0 aromatic rings. The minimum Gasteiger partial charge on any atom is -0.390 e. The van der Waals surface area contributed by atoms with Gasteiger partial charge in [-0.2, -0.15) is 0 Å². The maximum atomic E-state index is 16.7. The van der Waals surface area contributed by atoms with Crippen molar-refractivity contribution < 1.29 is 23.6 Å². The van der Waals surface area contributed by atoms with Crippen LogP contribution in [0.3, 0.4) is 0 Å². The van der Waals surface area contributed by atoms with E-state index in [0.717, 1.165) is 4.91 Å². The van der Waals surface area contributed by atoms with Crippen LogP contribution in [0.25, 0.3) is 0 Å². The zero-order chi connectivity index (χ0) is 19.1. The molecule has 8 atom stereocenters. The van der Waals surface area contributed by atoms with Crippen LogP contribution >= 0.6 is 0 Å². The highest BCUT2D eigenvalue weighted by Crippen LogP contribution is 2.67. The van der Waals surface area contributed by atoms with E-state index in [2.05, 4.69) is 0 Å². The molecule has 0 aromatic heterocycles. The first-order chi connectivity index (χ1) is 12.1. The number of carbonyl (C=O) groups excluding carboxylic acids is 1. The van der Waals surface area contributed by atoms with Gasteiger partial charge in [-0.15, -0.1) is 0 Å². The van der Waals surface area contributed by atoms with Crippen molar-refractivity contribution in [2.24, 2.45) is 22.7 Å². The van der Waals surface area contributed by atoms with Gasteiger partial charge in [-0.1, -0.05) is 19.1 Å². The van der Waals surface area contributed by atoms with Crippen molar-refractivity contribution in [3.05, 3.63) is 34.8 Å². The quantitative estimate of drug-likeness (QED) is 0.731. The predicted molar refractivity (Wildman–Crippen MR) is 97.3 cm³/mol. The summed E-state index contributed by atoms with van der Waals surface area (Å²) in [6, 6.07) is 0. The molecule has 4 rings (SSSR count). The molecular formula is C20H25FO4S. The maximum absolute atomic E-state index is 16.7. The molecule has 0 spiro atoms. The third-order valence-electron chi connectivity index (χ3n) is 7.49. The fraction of sp³-hybridized carbons (Fsp3) is 0.650. The summed E-state index contributed by atoms with van der Waals surface area (Å²) in [4.78, 5) is 12.6. The average molecular weight is 380 g/mol. The third kappa shape index (κ3) is 2.01. The lowest BCUT2D eigenvalue weighted by Crippen LogP contribution is -2.68. The molecule has 0 radical (unpaired) electrons. The number of aliphatic hydroxyl groups is 2. The Morgan fingerprint density at radius 2 is 1.96 bits per heavy atom. The molecule has 4 aliphatic rings. The van der Waals surface area contributed by atoms with Crippen molar-refractivity contribution in [3.63, 3.8) is 0 Å². The highest BCUT2D eigenvalue weighted by Gasteiger charge is 2.70. The van der Waals surface area contributed by atoms with Crippen molar-refractivity contribution in [2.75, 3.05) is 6.26 Å². The van der Waals surface area contributed by atoms with Gasteiger partial charge in [0.1, 0.15) is 0 Å². The first-order valence-corrected chi connectivity index (χ1v) is 10.7. The van der Waals surface area contributed by atoms with E-state index in [1.807, 2.05) is 13.0 Å². The second kappa shape index (κ2) is 5.46. The van der Waals surface area contributed by atoms with E-state index < -0.39 is 45.4 Å². The molecule has 1 unspecified atom stereocenters. The van der Waals surface area contributed by atoms with Gasteiger partial charge in [0, 0.05) is 38.7 Å². The van der Waals surface area contributed by atoms with E-state index in [9.17, 15) is 19.2 Å². The number of aliphatic hydroxyl groups excluding tert-OH is 2. The third-order valence-corrected chi connectivity index (χ3v) is 8.74. The first kappa shape index (κ1) is 18.3. The van der Waals surface area contributed by atoms with Crippen LogP contribution in [0.2, 0.25) is 0 Å². The monoisotopic (exact) mass is 380 g/mol. The Balaban J connectivity index is 1.85. The van der Waals surface area contributed by atoms with E-state index in [1.54, 1.807) is 13.2 Å². The van der Waals surface area contributed by atoms with Crippen molar-refractivity contribution >= 4 is 16.6 Å². The average Bonchev–Trinajstić information content (AvgIpc) is 2.89. The molecule has 2 saturated carbocycles. The van der Waals surface area contributed by atoms with Crippen molar-refractivity contribution in [2.45, 2.75) is 51.0 Å². The lowest BCUT2D eigenvalue weighted by Gasteiger charge is -2.62. The Kier molecular flexibility index (Phi) is 3.83. The van der Waals surface area contributed by atoms with Gasteiger partial charge in [0.25, 0.3) is 0 Å². The minimum atomic E-state index is -1.97. The van der Waals surface area contributed by atoms with Gasteiger partial charge in [0.15, 0.2) is 11.5 Å². The van der Waals surface area contributed by atoms with Gasteiger partial charge < -0.3 is 10.2 Å². The van der Waals surface area contributed by atoms with E-state index in [0.29, 0.717) is 12.0 Å². The van der Waals surface area contributed by atoms with E-state index in [1.165, 1.54) is 18.2 Å². The molecule has 0 bridgehead atoms. The van der Waals surface area contributed by atoms with E-state index >= 15 is 4.39 Å². The van der Waals surface area contributed by atoms with Crippen molar-refractivity contribution in [1.29, 1.82) is 0 Å². The van der Waals surface area contributed by atoms with E-state index in [4.69, 9.17) is 0 Å². The Morgan fingerprint density at radius 3 is 2.62 bits per heavy atom. The highest BCUT2D eigenvalue weighted by molar-refractivity contribution is 7.88. The Hall–Kier alpha value is -1.11. The largest absolute Gasteiger partial charge is 0.390 e. The van der Waals surface area contributed by atoms with Crippen LogP contribution in [0.15, 0.2) is 34.8 Å². The second-order valence-electron chi connectivity index (χ2n) is 8.67. The number of allylic oxidation sites excluding steroid dienone is 5. The number of ketones is 1. The Bertz CT molecular complexity index is 802. The van der Waals surface area contributed by atoms with Crippen LogP contribution in [0.5, 0.6) is 0 Å². The SMILES string of the molecule is CS(=O)C1=CC[C@H]2[C@@H]3C[C@@H](O)C4=CC(=O)C=C[C@]4(C)[C@@]3(F)[C@@H](O)C[C@]12C. The van der Waals surface area contributed by atoms with Crippen LogP contribution in [-0.2, 0) is 15.6 Å². The van der Waals surface area contributed by atoms with Gasteiger partial charge in [-0.3, -0.25) is 9.00 Å². The smallest absolute Gasteiger partial charge is 0.178 e. The number of rotatable bonds is 1. The van der Waals surface area contributed by atoms with Gasteiger partial charge in [-0.05, 0) is 49.8 Å². The fourth-order valence-electron chi connectivity index (χ4n) is 6.23. The molecule has 0 saturated heterocycles. The lowest BCUT2D eigenvalue weighted by atomic mass is 9.45. The molecule has 0 heterocycles. The first-order valence-electron chi connectivity index (χ1n) is 9.10. The summed E-state index contributed by atoms with van der Waals surface area (Å²) in [5, 5.41) is 21.7. The molecule has 0 aromatic carbocycles. The zero-order valence-corrected chi connectivity index (χ0v) is 16.1. The van der Waals surface area contributed by atoms with E-state index in [-0.39, 0.29) is 24.5 Å². The van der Waals surface area contributed by atoms with Crippen molar-refractivity contribution in [1.82, 2.24) is 0 Å². The summed E-state index contributed by atoms with van der Waals surface area (Å²) >= 11 is 0. The van der Waals surface area contributed by atoms with Gasteiger partial charge in [0.2, 0.25) is 0 Å². The number of carbonyl (C=O) groups is 1.